The van der Waals surface area contributed by atoms with Crippen LogP contribution in [0.4, 0.5) is 4.39 Å². The van der Waals surface area contributed by atoms with E-state index < -0.39 is 0 Å². The lowest BCUT2D eigenvalue weighted by Gasteiger charge is -2.38. The fraction of sp³-hybridized carbons (Fsp3) is 0.400. The minimum absolute atomic E-state index is 0. The molecule has 0 aliphatic carbocycles. The van der Waals surface area contributed by atoms with Crippen LogP contribution in [0.15, 0.2) is 48.5 Å². The van der Waals surface area contributed by atoms with E-state index in [4.69, 9.17) is 9.47 Å². The number of nitrogens with zero attached hydrogens (tertiary/aromatic N) is 1. The summed E-state index contributed by atoms with van der Waals surface area (Å²) in [6.45, 7) is 2.73. The quantitative estimate of drug-likeness (QED) is 0.318. The first-order valence-corrected chi connectivity index (χ1v) is 10.0. The van der Waals surface area contributed by atoms with E-state index in [9.17, 15) is 4.39 Å². The van der Waals surface area contributed by atoms with Crippen LogP contribution in [-0.4, -0.2) is 36.3 Å². The van der Waals surface area contributed by atoms with E-state index in [1.807, 2.05) is 36.4 Å². The minimum Gasteiger partial charge on any atom is -0.497 e. The standard InChI is InChI=1S/C20H23FINO2.ClH/c1-24-18-6-8-19(9-7-18)25-13-16-12-23(14-22)11-10-20(16)15-2-4-17(21)5-3-15;/h2-9,16,20H,10-14H2,1H3;1H. The molecule has 1 aliphatic rings. The second kappa shape index (κ2) is 10.3. The second-order valence-corrected chi connectivity index (χ2v) is 7.07. The Morgan fingerprint density at radius 2 is 1.73 bits per heavy atom. The lowest BCUT2D eigenvalue weighted by molar-refractivity contribution is 0.127. The maximum atomic E-state index is 13.3. The van der Waals surface area contributed by atoms with E-state index in [0.717, 1.165) is 35.6 Å². The number of hydrogen-bond donors (Lipinski definition) is 0. The third-order valence-electron chi connectivity index (χ3n) is 4.81. The van der Waals surface area contributed by atoms with Crippen molar-refractivity contribution in [3.8, 4) is 11.5 Å². The van der Waals surface area contributed by atoms with Gasteiger partial charge >= 0.3 is 0 Å². The van der Waals surface area contributed by atoms with Gasteiger partial charge in [0.1, 0.15) is 17.3 Å². The van der Waals surface area contributed by atoms with Gasteiger partial charge in [-0.05, 0) is 60.8 Å². The first-order valence-electron chi connectivity index (χ1n) is 8.50. The molecule has 0 N–H and O–H groups in total. The Hall–Kier alpha value is -1.05. The number of likely N-dealkylation sites (tertiary alicyclic amines) is 1. The molecular weight excluding hydrogens is 468 g/mol. The highest BCUT2D eigenvalue weighted by molar-refractivity contribution is 14.1. The summed E-state index contributed by atoms with van der Waals surface area (Å²) in [7, 11) is 1.66. The Balaban J connectivity index is 0.00000243. The first-order chi connectivity index (χ1) is 12.2. The van der Waals surface area contributed by atoms with Gasteiger partial charge in [0.05, 0.1) is 18.3 Å². The van der Waals surface area contributed by atoms with Crippen LogP contribution in [0.1, 0.15) is 17.9 Å². The molecule has 26 heavy (non-hydrogen) atoms. The predicted octanol–water partition coefficient (Wildman–Crippen LogP) is 5.13. The highest BCUT2D eigenvalue weighted by atomic mass is 127. The average molecular weight is 492 g/mol. The van der Waals surface area contributed by atoms with Crippen molar-refractivity contribution in [2.24, 2.45) is 5.92 Å². The van der Waals surface area contributed by atoms with Crippen LogP contribution in [0.25, 0.3) is 0 Å². The largest absolute Gasteiger partial charge is 0.497 e. The summed E-state index contributed by atoms with van der Waals surface area (Å²) < 4.78 is 25.5. The van der Waals surface area contributed by atoms with Crippen molar-refractivity contribution < 1.29 is 13.9 Å². The highest BCUT2D eigenvalue weighted by Gasteiger charge is 2.30. The molecule has 3 rings (SSSR count). The third kappa shape index (κ3) is 5.47. The smallest absolute Gasteiger partial charge is 0.123 e. The van der Waals surface area contributed by atoms with E-state index >= 15 is 0 Å². The van der Waals surface area contributed by atoms with Crippen molar-refractivity contribution >= 4 is 35.0 Å². The van der Waals surface area contributed by atoms with Crippen LogP contribution >= 0.6 is 35.0 Å². The molecule has 142 valence electrons. The summed E-state index contributed by atoms with van der Waals surface area (Å²) in [5.41, 5.74) is 1.21. The Kier molecular flexibility index (Phi) is 8.44. The van der Waals surface area contributed by atoms with Gasteiger partial charge in [0.15, 0.2) is 0 Å². The number of piperidine rings is 1. The van der Waals surface area contributed by atoms with Crippen molar-refractivity contribution in [1.29, 1.82) is 0 Å². The number of ether oxygens (including phenoxy) is 2. The molecule has 0 radical (unpaired) electrons. The summed E-state index contributed by atoms with van der Waals surface area (Å²) in [4.78, 5) is 2.45. The molecule has 0 bridgehead atoms. The topological polar surface area (TPSA) is 21.7 Å². The van der Waals surface area contributed by atoms with Gasteiger partial charge in [-0.1, -0.05) is 34.7 Å². The van der Waals surface area contributed by atoms with Gasteiger partial charge in [0.2, 0.25) is 0 Å². The van der Waals surface area contributed by atoms with Crippen LogP contribution in [0.3, 0.4) is 0 Å². The average Bonchev–Trinajstić information content (AvgIpc) is 2.67. The van der Waals surface area contributed by atoms with Crippen molar-refractivity contribution in [1.82, 2.24) is 4.90 Å². The zero-order valence-corrected chi connectivity index (χ0v) is 17.7. The van der Waals surface area contributed by atoms with Crippen LogP contribution < -0.4 is 9.47 Å². The molecule has 0 amide bonds. The lowest BCUT2D eigenvalue weighted by atomic mass is 9.81. The molecule has 6 heteroatoms. The van der Waals surface area contributed by atoms with Crippen LogP contribution in [0, 0.1) is 11.7 Å². The number of alkyl halides is 1. The van der Waals surface area contributed by atoms with Crippen LogP contribution in [0.2, 0.25) is 0 Å². The van der Waals surface area contributed by atoms with E-state index in [0.29, 0.717) is 18.4 Å². The van der Waals surface area contributed by atoms with Crippen LogP contribution in [-0.2, 0) is 0 Å². The molecule has 1 fully saturated rings. The molecule has 0 spiro atoms. The van der Waals surface area contributed by atoms with Gasteiger partial charge < -0.3 is 9.47 Å². The number of halogens is 3. The second-order valence-electron chi connectivity index (χ2n) is 6.39. The van der Waals surface area contributed by atoms with Crippen molar-refractivity contribution in [2.75, 3.05) is 31.4 Å². The molecule has 2 aromatic rings. The molecule has 2 aromatic carbocycles. The van der Waals surface area contributed by atoms with Crippen molar-refractivity contribution in [2.45, 2.75) is 12.3 Å². The number of methoxy groups -OCH3 is 1. The predicted molar refractivity (Wildman–Crippen MR) is 113 cm³/mol. The molecule has 0 aromatic heterocycles. The fourth-order valence-electron chi connectivity index (χ4n) is 3.41. The summed E-state index contributed by atoms with van der Waals surface area (Å²) in [6.07, 6.45) is 1.07. The Labute approximate surface area is 174 Å². The SMILES string of the molecule is COc1ccc(OCC2CN(CI)CCC2c2ccc(F)cc2)cc1.Cl. The molecule has 2 atom stereocenters. The van der Waals surface area contributed by atoms with Crippen molar-refractivity contribution in [3.63, 3.8) is 0 Å². The first kappa shape index (κ1) is 21.3. The minimum atomic E-state index is -0.181. The monoisotopic (exact) mass is 491 g/mol. The summed E-state index contributed by atoms with van der Waals surface area (Å²) in [5, 5.41) is 0. The Morgan fingerprint density at radius 1 is 1.08 bits per heavy atom. The van der Waals surface area contributed by atoms with E-state index in [-0.39, 0.29) is 18.2 Å². The van der Waals surface area contributed by atoms with Crippen molar-refractivity contribution in [3.05, 3.63) is 59.9 Å². The van der Waals surface area contributed by atoms with Gasteiger partial charge in [0.25, 0.3) is 0 Å². The zero-order chi connectivity index (χ0) is 17.6. The molecule has 1 heterocycles. The fourth-order valence-corrected chi connectivity index (χ4v) is 4.03. The number of hydrogen-bond acceptors (Lipinski definition) is 3. The molecule has 1 saturated heterocycles. The lowest BCUT2D eigenvalue weighted by Crippen LogP contribution is -2.41. The van der Waals surface area contributed by atoms with E-state index in [1.54, 1.807) is 19.2 Å². The summed E-state index contributed by atoms with van der Waals surface area (Å²) >= 11 is 2.41. The molecule has 2 unspecified atom stereocenters. The number of rotatable bonds is 6. The Bertz CT molecular complexity index is 669. The third-order valence-corrected chi connectivity index (χ3v) is 5.77. The molecular formula is C20H24ClFINO2. The maximum absolute atomic E-state index is 13.3. The molecule has 1 aliphatic heterocycles. The zero-order valence-electron chi connectivity index (χ0n) is 14.7. The summed E-state index contributed by atoms with van der Waals surface area (Å²) in [5.74, 6) is 2.28. The normalized spacial score (nSPS) is 20.3. The number of benzene rings is 2. The van der Waals surface area contributed by atoms with Gasteiger partial charge in [0, 0.05) is 12.5 Å². The van der Waals surface area contributed by atoms with Gasteiger partial charge in [-0.2, -0.15) is 0 Å². The summed E-state index contributed by atoms with van der Waals surface area (Å²) in [6, 6.07) is 14.6. The van der Waals surface area contributed by atoms with Gasteiger partial charge in [-0.25, -0.2) is 4.39 Å². The van der Waals surface area contributed by atoms with Gasteiger partial charge in [-0.3, -0.25) is 4.90 Å². The van der Waals surface area contributed by atoms with Crippen LogP contribution in [0.5, 0.6) is 11.5 Å². The van der Waals surface area contributed by atoms with E-state index in [2.05, 4.69) is 27.5 Å². The molecule has 0 saturated carbocycles. The highest BCUT2D eigenvalue weighted by Crippen LogP contribution is 2.34. The van der Waals surface area contributed by atoms with E-state index in [1.165, 1.54) is 5.56 Å². The molecule has 3 nitrogen and oxygen atoms in total. The van der Waals surface area contributed by atoms with Gasteiger partial charge in [-0.15, -0.1) is 12.4 Å². The Morgan fingerprint density at radius 3 is 2.35 bits per heavy atom. The maximum Gasteiger partial charge on any atom is 0.123 e.